The summed E-state index contributed by atoms with van der Waals surface area (Å²) in [6.07, 6.45) is 13.4. The van der Waals surface area contributed by atoms with Gasteiger partial charge in [-0.1, -0.05) is 310 Å². The summed E-state index contributed by atoms with van der Waals surface area (Å²) in [6.45, 7) is 19.0. The summed E-state index contributed by atoms with van der Waals surface area (Å²) < 4.78 is 0. The number of hydrogen-bond donors (Lipinski definition) is 0. The Morgan fingerprint density at radius 3 is 0.745 bits per heavy atom. The van der Waals surface area contributed by atoms with Gasteiger partial charge >= 0.3 is 0 Å². The lowest BCUT2D eigenvalue weighted by Crippen LogP contribution is -2.23. The molecule has 0 N–H and O–H groups in total. The Morgan fingerprint density at radius 1 is 0.224 bits per heavy atom. The SMILES string of the molecule is CCC1(CC)c2ccccc2-c2ccc(C=C(c3ccc(-c4c5ccccc5c(-c5ccc(C(=Cc6ccc7c(c6)C(CC)(CC)c6ccccc6-7)c6ccc7c(c6)C(CC)(CC)c6ccccc6-7)cc5)c5ccccc45)cc3)c3ccc4c(c3)C(CC)(CC)c3ccccc3-4)cc21. The fourth-order valence-electron chi connectivity index (χ4n) is 19.8. The van der Waals surface area contributed by atoms with E-state index in [1.807, 2.05) is 0 Å². The van der Waals surface area contributed by atoms with Gasteiger partial charge in [-0.25, -0.2) is 0 Å². The van der Waals surface area contributed by atoms with Crippen molar-refractivity contribution < 1.29 is 0 Å². The Hall–Kier alpha value is -10.1. The third kappa shape index (κ3) is 8.88. The van der Waals surface area contributed by atoms with E-state index in [0.717, 1.165) is 51.4 Å². The summed E-state index contributed by atoms with van der Waals surface area (Å²) in [5.74, 6) is 0. The van der Waals surface area contributed by atoms with Crippen LogP contribution in [0.5, 0.6) is 0 Å². The molecule has 4 aliphatic rings. The monoisotopic (exact) mass is 1260 g/mol. The third-order valence-corrected chi connectivity index (χ3v) is 25.1. The molecular formula is C98H86. The van der Waals surface area contributed by atoms with E-state index in [1.54, 1.807) is 0 Å². The summed E-state index contributed by atoms with van der Waals surface area (Å²) >= 11 is 0. The van der Waals surface area contributed by atoms with Crippen molar-refractivity contribution in [3.8, 4) is 66.8 Å². The number of hydrogen-bond acceptors (Lipinski definition) is 0. The lowest BCUT2D eigenvalue weighted by Gasteiger charge is -2.30. The Kier molecular flexibility index (Phi) is 15.0. The Labute approximate surface area is 581 Å². The van der Waals surface area contributed by atoms with Crippen molar-refractivity contribution in [3.05, 3.63) is 345 Å². The highest BCUT2D eigenvalue weighted by Crippen LogP contribution is 2.58. The minimum Gasteiger partial charge on any atom is -0.0642 e. The maximum Gasteiger partial charge on any atom is 0.0210 e. The van der Waals surface area contributed by atoms with Crippen molar-refractivity contribution in [3.63, 3.8) is 0 Å². The molecule has 0 radical (unpaired) electrons. The molecule has 0 aromatic heterocycles. The van der Waals surface area contributed by atoms with Gasteiger partial charge in [-0.05, 0) is 253 Å². The molecule has 0 saturated heterocycles. The molecule has 0 heteroatoms. The number of benzene rings is 13. The van der Waals surface area contributed by atoms with E-state index in [2.05, 4.69) is 334 Å². The molecular weight excluding hydrogens is 1180 g/mol. The van der Waals surface area contributed by atoms with E-state index < -0.39 is 0 Å². The molecule has 13 aromatic rings. The van der Waals surface area contributed by atoms with Crippen molar-refractivity contribution in [2.45, 2.75) is 128 Å². The average Bonchev–Trinajstić information content (AvgIpc) is 1.53. The summed E-state index contributed by atoms with van der Waals surface area (Å²) in [5.41, 5.74) is 37.4. The van der Waals surface area contributed by atoms with Gasteiger partial charge < -0.3 is 0 Å². The van der Waals surface area contributed by atoms with Crippen molar-refractivity contribution in [1.82, 2.24) is 0 Å². The second-order valence-corrected chi connectivity index (χ2v) is 28.6. The highest BCUT2D eigenvalue weighted by Gasteiger charge is 2.44. The zero-order valence-electron chi connectivity index (χ0n) is 58.2. The number of fused-ring (bicyclic) bond motifs is 14. The van der Waals surface area contributed by atoms with E-state index in [9.17, 15) is 0 Å². The highest BCUT2D eigenvalue weighted by atomic mass is 14.5. The summed E-state index contributed by atoms with van der Waals surface area (Å²) in [7, 11) is 0. The van der Waals surface area contributed by atoms with Crippen LogP contribution in [0, 0.1) is 0 Å². The van der Waals surface area contributed by atoms with Gasteiger partial charge in [0.15, 0.2) is 0 Å². The van der Waals surface area contributed by atoms with Gasteiger partial charge in [0.05, 0.1) is 0 Å². The van der Waals surface area contributed by atoms with Crippen LogP contribution in [0.4, 0.5) is 0 Å². The maximum absolute atomic E-state index is 2.56. The Morgan fingerprint density at radius 2 is 0.459 bits per heavy atom. The topological polar surface area (TPSA) is 0 Å². The first kappa shape index (κ1) is 61.5. The zero-order chi connectivity index (χ0) is 66.7. The van der Waals surface area contributed by atoms with Gasteiger partial charge in [-0.15, -0.1) is 0 Å². The fourth-order valence-corrected chi connectivity index (χ4v) is 19.8. The molecule has 0 fully saturated rings. The van der Waals surface area contributed by atoms with Crippen LogP contribution in [0.2, 0.25) is 0 Å². The molecule has 0 amide bonds. The zero-order valence-corrected chi connectivity index (χ0v) is 58.2. The Balaban J connectivity index is 0.787. The van der Waals surface area contributed by atoms with Crippen molar-refractivity contribution in [1.29, 1.82) is 0 Å². The van der Waals surface area contributed by atoms with Crippen molar-refractivity contribution >= 4 is 44.8 Å². The van der Waals surface area contributed by atoms with Gasteiger partial charge in [0.2, 0.25) is 0 Å². The second kappa shape index (κ2) is 23.8. The number of rotatable bonds is 16. The third-order valence-electron chi connectivity index (χ3n) is 25.1. The molecule has 0 unspecified atom stereocenters. The van der Waals surface area contributed by atoms with E-state index in [0.29, 0.717) is 0 Å². The van der Waals surface area contributed by atoms with Gasteiger partial charge in [0.1, 0.15) is 0 Å². The van der Waals surface area contributed by atoms with Gasteiger partial charge in [-0.3, -0.25) is 0 Å². The average molecular weight is 1260 g/mol. The predicted molar refractivity (Wildman–Crippen MR) is 419 cm³/mol. The maximum atomic E-state index is 2.56. The van der Waals surface area contributed by atoms with Crippen molar-refractivity contribution in [2.75, 3.05) is 0 Å². The highest BCUT2D eigenvalue weighted by molar-refractivity contribution is 6.21. The lowest BCUT2D eigenvalue weighted by molar-refractivity contribution is 0.490. The summed E-state index contributed by atoms with van der Waals surface area (Å²) in [4.78, 5) is 0. The van der Waals surface area contributed by atoms with E-state index in [-0.39, 0.29) is 21.7 Å². The van der Waals surface area contributed by atoms with Crippen LogP contribution < -0.4 is 0 Å². The van der Waals surface area contributed by atoms with Crippen LogP contribution in [-0.4, -0.2) is 0 Å². The molecule has 0 spiro atoms. The summed E-state index contributed by atoms with van der Waals surface area (Å²) in [6, 6.07) is 103. The fraction of sp³-hybridized carbons (Fsp3) is 0.204. The van der Waals surface area contributed by atoms with Crippen LogP contribution in [0.3, 0.4) is 0 Å². The molecule has 0 aliphatic heterocycles. The molecule has 0 heterocycles. The Bertz CT molecular complexity index is 5010. The first-order chi connectivity index (χ1) is 48.1. The standard InChI is InChI=1S/C98H86/c1-9-95(10-2)85-37-25-21-29-71(85)75-53-41-63(59-89(75)95)57-83(69-51-55-77-73-31-23-27-39-87(73)97(13-5,14-6)91(77)61-69)65-43-47-67(48-44-65)93-79-33-17-19-35-81(79)94(82-36-20-18-34-80(82)93)68-49-45-66(46-50-68)84(70-52-56-78-74-32-24-28-40-88(74)98(15-7,16-8)92(78)62-70)58-64-42-54-76-72-30-22-26-38-86(72)96(11-3,12-4)90(76)60-64/h17-62H,9-16H2,1-8H3. The van der Waals surface area contributed by atoms with Crippen LogP contribution in [0.15, 0.2) is 267 Å². The van der Waals surface area contributed by atoms with E-state index in [1.165, 1.54) is 177 Å². The molecule has 0 bridgehead atoms. The van der Waals surface area contributed by atoms with Gasteiger partial charge in [0, 0.05) is 21.7 Å². The smallest absolute Gasteiger partial charge is 0.0210 e. The lowest BCUT2D eigenvalue weighted by atomic mass is 9.73. The first-order valence-corrected chi connectivity index (χ1v) is 36.7. The van der Waals surface area contributed by atoms with Gasteiger partial charge in [0.25, 0.3) is 0 Å². The molecule has 0 atom stereocenters. The molecule has 98 heavy (non-hydrogen) atoms. The summed E-state index contributed by atoms with van der Waals surface area (Å²) in [5, 5.41) is 5.00. The minimum absolute atomic E-state index is 0.0203. The largest absolute Gasteiger partial charge is 0.0642 e. The molecule has 0 saturated carbocycles. The van der Waals surface area contributed by atoms with Crippen molar-refractivity contribution in [2.24, 2.45) is 0 Å². The second-order valence-electron chi connectivity index (χ2n) is 28.6. The van der Waals surface area contributed by atoms with E-state index >= 15 is 0 Å². The van der Waals surface area contributed by atoms with E-state index in [4.69, 9.17) is 0 Å². The molecule has 0 nitrogen and oxygen atoms in total. The minimum atomic E-state index is -0.0455. The van der Waals surface area contributed by atoms with Crippen LogP contribution >= 0.6 is 0 Å². The normalized spacial score (nSPS) is 15.3. The van der Waals surface area contributed by atoms with Crippen LogP contribution in [-0.2, 0) is 21.7 Å². The van der Waals surface area contributed by atoms with Crippen LogP contribution in [0.1, 0.15) is 185 Å². The molecule has 4 aliphatic carbocycles. The predicted octanol–water partition coefficient (Wildman–Crippen LogP) is 26.9. The molecule has 478 valence electrons. The molecule has 13 aromatic carbocycles. The quantitative estimate of drug-likeness (QED) is 0.0668. The molecule has 17 rings (SSSR count). The van der Waals surface area contributed by atoms with Gasteiger partial charge in [-0.2, -0.15) is 0 Å². The first-order valence-electron chi connectivity index (χ1n) is 36.7. The van der Waals surface area contributed by atoms with Crippen LogP contribution in [0.25, 0.3) is 112 Å².